The Hall–Kier alpha value is -2.30. The lowest BCUT2D eigenvalue weighted by atomic mass is 9.78. The molecule has 27 heavy (non-hydrogen) atoms. The molecule has 0 unspecified atom stereocenters. The zero-order valence-corrected chi connectivity index (χ0v) is 16.6. The number of furan rings is 1. The SMILES string of the molecule is Cc1cc2occ(CC(=O)OCC(=O)N[C@@H]3CCC[C@@H](C)[C@H]3C)c2cc1C. The minimum absolute atomic E-state index is 0.0969. The molecule has 0 spiro atoms. The number of carbonyl (C=O) groups is 2. The predicted molar refractivity (Wildman–Crippen MR) is 104 cm³/mol. The first kappa shape index (κ1) is 19.5. The van der Waals surface area contributed by atoms with Gasteiger partial charge in [-0.3, -0.25) is 9.59 Å². The van der Waals surface area contributed by atoms with E-state index in [0.717, 1.165) is 40.5 Å². The van der Waals surface area contributed by atoms with E-state index in [-0.39, 0.29) is 25.0 Å². The molecule has 1 heterocycles. The third-order valence-corrected chi connectivity index (χ3v) is 6.02. The smallest absolute Gasteiger partial charge is 0.310 e. The minimum Gasteiger partial charge on any atom is -0.464 e. The minimum atomic E-state index is -0.420. The van der Waals surface area contributed by atoms with Gasteiger partial charge in [-0.1, -0.05) is 26.7 Å². The molecule has 0 saturated heterocycles. The maximum atomic E-state index is 12.2. The van der Waals surface area contributed by atoms with Crippen molar-refractivity contribution in [3.63, 3.8) is 0 Å². The zero-order valence-electron chi connectivity index (χ0n) is 16.6. The first-order chi connectivity index (χ1) is 12.8. The highest BCUT2D eigenvalue weighted by Gasteiger charge is 2.28. The quantitative estimate of drug-likeness (QED) is 0.804. The van der Waals surface area contributed by atoms with Gasteiger partial charge >= 0.3 is 5.97 Å². The highest BCUT2D eigenvalue weighted by atomic mass is 16.5. The van der Waals surface area contributed by atoms with E-state index in [2.05, 4.69) is 19.2 Å². The fraction of sp³-hybridized carbons (Fsp3) is 0.545. The molecule has 0 radical (unpaired) electrons. The topological polar surface area (TPSA) is 68.5 Å². The molecule has 1 aromatic carbocycles. The normalized spacial score (nSPS) is 22.6. The summed E-state index contributed by atoms with van der Waals surface area (Å²) in [6, 6.07) is 4.16. The number of esters is 1. The highest BCUT2D eigenvalue weighted by Crippen LogP contribution is 2.29. The van der Waals surface area contributed by atoms with Crippen molar-refractivity contribution in [1.29, 1.82) is 0 Å². The first-order valence-corrected chi connectivity index (χ1v) is 9.77. The molecule has 5 nitrogen and oxygen atoms in total. The van der Waals surface area contributed by atoms with Crippen LogP contribution in [0.4, 0.5) is 0 Å². The molecule has 1 aromatic heterocycles. The average Bonchev–Trinajstić information content (AvgIpc) is 2.99. The fourth-order valence-electron chi connectivity index (χ4n) is 3.86. The van der Waals surface area contributed by atoms with Crippen molar-refractivity contribution in [2.45, 2.75) is 59.4 Å². The maximum Gasteiger partial charge on any atom is 0.310 e. The van der Waals surface area contributed by atoms with Crippen molar-refractivity contribution in [2.24, 2.45) is 11.8 Å². The Balaban J connectivity index is 1.52. The van der Waals surface area contributed by atoms with Crippen LogP contribution < -0.4 is 5.32 Å². The van der Waals surface area contributed by atoms with E-state index in [1.165, 1.54) is 6.42 Å². The molecule has 146 valence electrons. The monoisotopic (exact) mass is 371 g/mol. The third-order valence-electron chi connectivity index (χ3n) is 6.02. The van der Waals surface area contributed by atoms with Crippen LogP contribution in [-0.2, 0) is 20.7 Å². The number of amides is 1. The number of hydrogen-bond acceptors (Lipinski definition) is 4. The van der Waals surface area contributed by atoms with E-state index in [1.54, 1.807) is 6.26 Å². The Morgan fingerprint density at radius 2 is 1.93 bits per heavy atom. The lowest BCUT2D eigenvalue weighted by Gasteiger charge is -2.34. The van der Waals surface area contributed by atoms with Gasteiger partial charge in [0, 0.05) is 17.0 Å². The number of fused-ring (bicyclic) bond motifs is 1. The lowest BCUT2D eigenvalue weighted by molar-refractivity contribution is -0.148. The van der Waals surface area contributed by atoms with Crippen LogP contribution in [0.5, 0.6) is 0 Å². The van der Waals surface area contributed by atoms with Gasteiger partial charge in [-0.2, -0.15) is 0 Å². The molecule has 1 aliphatic carbocycles. The Bertz CT molecular complexity index is 838. The first-order valence-electron chi connectivity index (χ1n) is 9.77. The molecular formula is C22H29NO4. The highest BCUT2D eigenvalue weighted by molar-refractivity contribution is 5.87. The van der Waals surface area contributed by atoms with Gasteiger partial charge in [-0.25, -0.2) is 0 Å². The summed E-state index contributed by atoms with van der Waals surface area (Å²) in [6.07, 6.45) is 5.02. The van der Waals surface area contributed by atoms with Crippen LogP contribution in [0, 0.1) is 25.7 Å². The van der Waals surface area contributed by atoms with E-state index in [9.17, 15) is 9.59 Å². The summed E-state index contributed by atoms with van der Waals surface area (Å²) in [5, 5.41) is 3.94. The van der Waals surface area contributed by atoms with Crippen molar-refractivity contribution in [2.75, 3.05) is 6.61 Å². The Morgan fingerprint density at radius 1 is 1.19 bits per heavy atom. The zero-order chi connectivity index (χ0) is 19.6. The summed E-state index contributed by atoms with van der Waals surface area (Å²) in [6.45, 7) is 8.22. The summed E-state index contributed by atoms with van der Waals surface area (Å²) in [5.74, 6) is 0.407. The van der Waals surface area contributed by atoms with Crippen LogP contribution in [0.25, 0.3) is 11.0 Å². The second-order valence-corrected chi connectivity index (χ2v) is 7.97. The van der Waals surface area contributed by atoms with E-state index in [1.807, 2.05) is 26.0 Å². The molecule has 0 aliphatic heterocycles. The number of carbonyl (C=O) groups excluding carboxylic acids is 2. The Labute approximate surface area is 160 Å². The fourth-order valence-corrected chi connectivity index (χ4v) is 3.86. The summed E-state index contributed by atoms with van der Waals surface area (Å²) in [5.41, 5.74) is 3.84. The van der Waals surface area contributed by atoms with Crippen LogP contribution in [0.1, 0.15) is 49.8 Å². The van der Waals surface area contributed by atoms with Crippen molar-refractivity contribution >= 4 is 22.8 Å². The van der Waals surface area contributed by atoms with Gasteiger partial charge in [0.05, 0.1) is 12.7 Å². The number of ether oxygens (including phenoxy) is 1. The van der Waals surface area contributed by atoms with Crippen molar-refractivity contribution in [3.8, 4) is 0 Å². The van der Waals surface area contributed by atoms with Gasteiger partial charge in [0.1, 0.15) is 5.58 Å². The number of hydrogen-bond donors (Lipinski definition) is 1. The van der Waals surface area contributed by atoms with E-state index in [4.69, 9.17) is 9.15 Å². The summed E-state index contributed by atoms with van der Waals surface area (Å²) in [4.78, 5) is 24.3. The van der Waals surface area contributed by atoms with Crippen molar-refractivity contribution < 1.29 is 18.7 Å². The average molecular weight is 371 g/mol. The molecule has 0 bridgehead atoms. The van der Waals surface area contributed by atoms with Crippen LogP contribution in [0.2, 0.25) is 0 Å². The van der Waals surface area contributed by atoms with Gasteiger partial charge < -0.3 is 14.5 Å². The van der Waals surface area contributed by atoms with Gasteiger partial charge in [-0.05, 0) is 55.4 Å². The lowest BCUT2D eigenvalue weighted by Crippen LogP contribution is -2.45. The molecule has 5 heteroatoms. The molecular weight excluding hydrogens is 342 g/mol. The molecule has 3 rings (SSSR count). The molecule has 1 N–H and O–H groups in total. The van der Waals surface area contributed by atoms with Crippen LogP contribution in [0.15, 0.2) is 22.8 Å². The molecule has 1 saturated carbocycles. The van der Waals surface area contributed by atoms with Crippen LogP contribution in [-0.4, -0.2) is 24.5 Å². The third kappa shape index (κ3) is 4.52. The van der Waals surface area contributed by atoms with Crippen molar-refractivity contribution in [3.05, 3.63) is 35.1 Å². The second kappa shape index (κ2) is 8.15. The van der Waals surface area contributed by atoms with E-state index in [0.29, 0.717) is 11.8 Å². The van der Waals surface area contributed by atoms with Crippen molar-refractivity contribution in [1.82, 2.24) is 5.32 Å². The standard InChI is InChI=1S/C22H29NO4/c1-13-6-5-7-19(16(13)4)23-21(24)12-27-22(25)10-17-11-26-20-9-15(3)14(2)8-18(17)20/h8-9,11,13,16,19H,5-7,10,12H2,1-4H3,(H,23,24)/t13-,16-,19-/m1/s1. The molecule has 1 amide bonds. The molecule has 1 aliphatic rings. The number of benzene rings is 1. The summed E-state index contributed by atoms with van der Waals surface area (Å²) in [7, 11) is 0. The van der Waals surface area contributed by atoms with E-state index < -0.39 is 5.97 Å². The van der Waals surface area contributed by atoms with Gasteiger partial charge in [0.15, 0.2) is 6.61 Å². The van der Waals surface area contributed by atoms with Crippen LogP contribution >= 0.6 is 0 Å². The molecule has 1 fully saturated rings. The van der Waals surface area contributed by atoms with Gasteiger partial charge in [0.2, 0.25) is 0 Å². The largest absolute Gasteiger partial charge is 0.464 e. The number of nitrogens with one attached hydrogen (secondary N) is 1. The predicted octanol–water partition coefficient (Wildman–Crippen LogP) is 4.08. The Morgan fingerprint density at radius 3 is 2.70 bits per heavy atom. The number of rotatable bonds is 5. The van der Waals surface area contributed by atoms with Gasteiger partial charge in [0.25, 0.3) is 5.91 Å². The number of aryl methyl sites for hydroxylation is 2. The van der Waals surface area contributed by atoms with Gasteiger partial charge in [-0.15, -0.1) is 0 Å². The maximum absolute atomic E-state index is 12.2. The molecule has 3 atom stereocenters. The summed E-state index contributed by atoms with van der Waals surface area (Å²) < 4.78 is 10.7. The van der Waals surface area contributed by atoms with Crippen LogP contribution in [0.3, 0.4) is 0 Å². The second-order valence-electron chi connectivity index (χ2n) is 7.97. The Kier molecular flexibility index (Phi) is 5.88. The van der Waals surface area contributed by atoms with E-state index >= 15 is 0 Å². The summed E-state index contributed by atoms with van der Waals surface area (Å²) >= 11 is 0. The molecule has 2 aromatic rings.